The van der Waals surface area contributed by atoms with E-state index in [1.807, 2.05) is 0 Å². The molecule has 0 aromatic heterocycles. The molecule has 0 aromatic rings. The molecular weight excluding hydrogens is 214 g/mol. The lowest BCUT2D eigenvalue weighted by Gasteiger charge is -2.24. The Morgan fingerprint density at radius 1 is 1.06 bits per heavy atom. The Labute approximate surface area is 104 Å². The molecule has 2 aliphatic rings. The number of nitrogens with one attached hydrogen (secondary N) is 1. The first-order valence-electron chi connectivity index (χ1n) is 7.24. The van der Waals surface area contributed by atoms with Crippen LogP contribution in [0.5, 0.6) is 0 Å². The van der Waals surface area contributed by atoms with Gasteiger partial charge >= 0.3 is 0 Å². The van der Waals surface area contributed by atoms with E-state index in [-0.39, 0.29) is 5.91 Å². The summed E-state index contributed by atoms with van der Waals surface area (Å²) < 4.78 is 0. The van der Waals surface area contributed by atoms with Crippen LogP contribution < -0.4 is 5.32 Å². The third-order valence-corrected chi connectivity index (χ3v) is 4.29. The summed E-state index contributed by atoms with van der Waals surface area (Å²) in [5.74, 6) is 0.426. The maximum absolute atomic E-state index is 11.8. The van der Waals surface area contributed by atoms with Gasteiger partial charge in [0.05, 0.1) is 0 Å². The van der Waals surface area contributed by atoms with Gasteiger partial charge in [0.1, 0.15) is 6.10 Å². The van der Waals surface area contributed by atoms with Crippen LogP contribution in [0, 0.1) is 5.92 Å². The van der Waals surface area contributed by atoms with Gasteiger partial charge < -0.3 is 10.4 Å². The van der Waals surface area contributed by atoms with Crippen LogP contribution in [-0.2, 0) is 4.79 Å². The first-order valence-corrected chi connectivity index (χ1v) is 7.24. The average molecular weight is 239 g/mol. The minimum atomic E-state index is -0.779. The van der Waals surface area contributed by atoms with Crippen molar-refractivity contribution in [2.75, 3.05) is 0 Å². The number of hydrogen-bond acceptors (Lipinski definition) is 2. The minimum absolute atomic E-state index is 0.137. The van der Waals surface area contributed by atoms with Crippen LogP contribution in [0.4, 0.5) is 0 Å². The van der Waals surface area contributed by atoms with Crippen molar-refractivity contribution in [2.45, 2.75) is 76.4 Å². The van der Waals surface area contributed by atoms with Crippen molar-refractivity contribution in [3.63, 3.8) is 0 Å². The first-order chi connectivity index (χ1) is 8.25. The van der Waals surface area contributed by atoms with E-state index in [1.54, 1.807) is 0 Å². The SMILES string of the molecule is O=C(NC1CCCC1)C(O)CC1CCCCC1. The van der Waals surface area contributed by atoms with Gasteiger partial charge in [0.15, 0.2) is 0 Å². The molecule has 2 fully saturated rings. The van der Waals surface area contributed by atoms with E-state index in [1.165, 1.54) is 44.9 Å². The lowest BCUT2D eigenvalue weighted by Crippen LogP contribution is -2.41. The number of amides is 1. The van der Waals surface area contributed by atoms with Crippen LogP contribution in [0.25, 0.3) is 0 Å². The van der Waals surface area contributed by atoms with E-state index in [9.17, 15) is 9.90 Å². The minimum Gasteiger partial charge on any atom is -0.383 e. The van der Waals surface area contributed by atoms with Crippen molar-refractivity contribution in [1.82, 2.24) is 5.32 Å². The van der Waals surface area contributed by atoms with Gasteiger partial charge in [0, 0.05) is 6.04 Å². The molecular formula is C14H25NO2. The zero-order valence-electron chi connectivity index (χ0n) is 10.7. The molecule has 98 valence electrons. The molecule has 0 saturated heterocycles. The normalized spacial score (nSPS) is 24.8. The molecule has 2 N–H and O–H groups in total. The third kappa shape index (κ3) is 3.98. The standard InChI is InChI=1S/C14H25NO2/c16-13(10-11-6-2-1-3-7-11)14(17)15-12-8-4-5-9-12/h11-13,16H,1-10H2,(H,15,17). The monoisotopic (exact) mass is 239 g/mol. The maximum atomic E-state index is 11.8. The summed E-state index contributed by atoms with van der Waals surface area (Å²) in [6, 6.07) is 0.323. The molecule has 2 rings (SSSR count). The molecule has 1 atom stereocenters. The van der Waals surface area contributed by atoms with E-state index in [4.69, 9.17) is 0 Å². The fourth-order valence-corrected chi connectivity index (χ4v) is 3.21. The highest BCUT2D eigenvalue weighted by Gasteiger charge is 2.25. The van der Waals surface area contributed by atoms with Gasteiger partial charge in [0.25, 0.3) is 0 Å². The molecule has 17 heavy (non-hydrogen) atoms. The van der Waals surface area contributed by atoms with Crippen LogP contribution in [0.15, 0.2) is 0 Å². The maximum Gasteiger partial charge on any atom is 0.249 e. The fraction of sp³-hybridized carbons (Fsp3) is 0.929. The second-order valence-corrected chi connectivity index (χ2v) is 5.75. The Hall–Kier alpha value is -0.570. The van der Waals surface area contributed by atoms with Gasteiger partial charge in [-0.2, -0.15) is 0 Å². The molecule has 0 aliphatic heterocycles. The van der Waals surface area contributed by atoms with Gasteiger partial charge in [-0.25, -0.2) is 0 Å². The van der Waals surface area contributed by atoms with Gasteiger partial charge in [-0.3, -0.25) is 4.79 Å². The zero-order valence-corrected chi connectivity index (χ0v) is 10.7. The van der Waals surface area contributed by atoms with E-state index in [0.29, 0.717) is 18.4 Å². The Balaban J connectivity index is 1.70. The summed E-state index contributed by atoms with van der Waals surface area (Å²) in [6.45, 7) is 0. The van der Waals surface area contributed by atoms with Gasteiger partial charge in [-0.05, 0) is 25.2 Å². The predicted octanol–water partition coefficient (Wildman–Crippen LogP) is 2.38. The Morgan fingerprint density at radius 3 is 2.29 bits per heavy atom. The quantitative estimate of drug-likeness (QED) is 0.791. The summed E-state index contributed by atoms with van der Waals surface area (Å²) in [6.07, 6.45) is 10.7. The van der Waals surface area contributed by atoms with Gasteiger partial charge in [-0.1, -0.05) is 44.9 Å². The second-order valence-electron chi connectivity index (χ2n) is 5.75. The topological polar surface area (TPSA) is 49.3 Å². The molecule has 0 aromatic carbocycles. The van der Waals surface area contributed by atoms with E-state index < -0.39 is 6.10 Å². The molecule has 0 spiro atoms. The van der Waals surface area contributed by atoms with Gasteiger partial charge in [0.2, 0.25) is 5.91 Å². The van der Waals surface area contributed by atoms with Crippen LogP contribution in [0.3, 0.4) is 0 Å². The predicted molar refractivity (Wildman–Crippen MR) is 67.6 cm³/mol. The molecule has 2 saturated carbocycles. The van der Waals surface area contributed by atoms with Crippen LogP contribution >= 0.6 is 0 Å². The Morgan fingerprint density at radius 2 is 1.65 bits per heavy atom. The number of aliphatic hydroxyl groups excluding tert-OH is 1. The zero-order chi connectivity index (χ0) is 12.1. The molecule has 0 bridgehead atoms. The average Bonchev–Trinajstić information content (AvgIpc) is 2.83. The molecule has 0 heterocycles. The lowest BCUT2D eigenvalue weighted by atomic mass is 9.85. The molecule has 1 amide bonds. The molecule has 3 nitrogen and oxygen atoms in total. The van der Waals surface area contributed by atoms with E-state index >= 15 is 0 Å². The van der Waals surface area contributed by atoms with Gasteiger partial charge in [-0.15, -0.1) is 0 Å². The summed E-state index contributed by atoms with van der Waals surface area (Å²) in [5.41, 5.74) is 0. The molecule has 3 heteroatoms. The number of hydrogen-bond donors (Lipinski definition) is 2. The number of aliphatic hydroxyl groups is 1. The smallest absolute Gasteiger partial charge is 0.249 e. The van der Waals surface area contributed by atoms with Crippen LogP contribution in [0.2, 0.25) is 0 Å². The highest BCUT2D eigenvalue weighted by Crippen LogP contribution is 2.27. The third-order valence-electron chi connectivity index (χ3n) is 4.29. The van der Waals surface area contributed by atoms with Crippen LogP contribution in [0.1, 0.15) is 64.2 Å². The summed E-state index contributed by atoms with van der Waals surface area (Å²) in [5, 5.41) is 12.9. The number of carbonyl (C=O) groups is 1. The van der Waals surface area contributed by atoms with E-state index in [2.05, 4.69) is 5.32 Å². The lowest BCUT2D eigenvalue weighted by molar-refractivity contribution is -0.131. The van der Waals surface area contributed by atoms with Crippen molar-refractivity contribution < 1.29 is 9.90 Å². The van der Waals surface area contributed by atoms with Crippen molar-refractivity contribution in [3.8, 4) is 0 Å². The number of rotatable bonds is 4. The van der Waals surface area contributed by atoms with Crippen molar-refractivity contribution in [2.24, 2.45) is 5.92 Å². The van der Waals surface area contributed by atoms with E-state index in [0.717, 1.165) is 12.8 Å². The molecule has 0 radical (unpaired) electrons. The first kappa shape index (κ1) is 12.9. The van der Waals surface area contributed by atoms with Crippen molar-refractivity contribution in [1.29, 1.82) is 0 Å². The Bertz CT molecular complexity index is 243. The molecule has 2 aliphatic carbocycles. The Kier molecular flexibility index (Phi) is 4.84. The second kappa shape index (κ2) is 6.39. The summed E-state index contributed by atoms with van der Waals surface area (Å²) in [7, 11) is 0. The summed E-state index contributed by atoms with van der Waals surface area (Å²) in [4.78, 5) is 11.8. The van der Waals surface area contributed by atoms with Crippen LogP contribution in [-0.4, -0.2) is 23.2 Å². The summed E-state index contributed by atoms with van der Waals surface area (Å²) >= 11 is 0. The highest BCUT2D eigenvalue weighted by molar-refractivity contribution is 5.80. The highest BCUT2D eigenvalue weighted by atomic mass is 16.3. The van der Waals surface area contributed by atoms with Crippen molar-refractivity contribution >= 4 is 5.91 Å². The van der Waals surface area contributed by atoms with Crippen molar-refractivity contribution in [3.05, 3.63) is 0 Å². The molecule has 1 unspecified atom stereocenters. The largest absolute Gasteiger partial charge is 0.383 e. The fourth-order valence-electron chi connectivity index (χ4n) is 3.21. The number of carbonyl (C=O) groups excluding carboxylic acids is 1.